The molecule has 0 N–H and O–H groups in total. The summed E-state index contributed by atoms with van der Waals surface area (Å²) in [6.45, 7) is 0. The first-order valence-corrected chi connectivity index (χ1v) is 22.1. The molecule has 11 aromatic carbocycles. The second kappa shape index (κ2) is 15.0. The molecule has 0 saturated carbocycles. The molecular formula is C62H39NO2. The van der Waals surface area contributed by atoms with E-state index in [0.717, 1.165) is 88.8 Å². The monoisotopic (exact) mass is 829 g/mol. The van der Waals surface area contributed by atoms with E-state index < -0.39 is 0 Å². The van der Waals surface area contributed by atoms with Crippen molar-refractivity contribution >= 4 is 82.5 Å². The molecule has 0 aliphatic carbocycles. The van der Waals surface area contributed by atoms with Gasteiger partial charge >= 0.3 is 0 Å². The van der Waals surface area contributed by atoms with E-state index in [4.69, 9.17) is 8.83 Å². The van der Waals surface area contributed by atoms with Crippen molar-refractivity contribution in [2.45, 2.75) is 0 Å². The van der Waals surface area contributed by atoms with Crippen molar-refractivity contribution in [3.8, 4) is 44.5 Å². The highest BCUT2D eigenvalue weighted by Gasteiger charge is 2.20. The second-order valence-corrected chi connectivity index (χ2v) is 16.9. The van der Waals surface area contributed by atoms with Crippen LogP contribution in [0.15, 0.2) is 245 Å². The Kier molecular flexibility index (Phi) is 8.53. The van der Waals surface area contributed by atoms with Gasteiger partial charge in [0.1, 0.15) is 22.3 Å². The molecule has 0 amide bonds. The van der Waals surface area contributed by atoms with Gasteiger partial charge < -0.3 is 13.7 Å². The third-order valence-corrected chi connectivity index (χ3v) is 13.0. The van der Waals surface area contributed by atoms with Gasteiger partial charge in [0.05, 0.1) is 5.69 Å². The van der Waals surface area contributed by atoms with Crippen LogP contribution >= 0.6 is 0 Å². The summed E-state index contributed by atoms with van der Waals surface area (Å²) in [5.74, 6) is 0. The van der Waals surface area contributed by atoms with Gasteiger partial charge in [0.25, 0.3) is 0 Å². The molecular weight excluding hydrogens is 791 g/mol. The van der Waals surface area contributed by atoms with Gasteiger partial charge in [0.2, 0.25) is 0 Å². The third-order valence-electron chi connectivity index (χ3n) is 13.0. The fourth-order valence-electron chi connectivity index (χ4n) is 9.83. The number of anilines is 3. The van der Waals surface area contributed by atoms with E-state index in [9.17, 15) is 0 Å². The number of benzene rings is 11. The number of para-hydroxylation sites is 2. The predicted octanol–water partition coefficient (Wildman–Crippen LogP) is 17.9. The summed E-state index contributed by atoms with van der Waals surface area (Å²) in [4.78, 5) is 2.38. The van der Waals surface area contributed by atoms with Crippen LogP contribution in [0.2, 0.25) is 0 Å². The zero-order chi connectivity index (χ0) is 42.8. The van der Waals surface area contributed by atoms with E-state index >= 15 is 0 Å². The van der Waals surface area contributed by atoms with Crippen LogP contribution in [0.4, 0.5) is 17.1 Å². The highest BCUT2D eigenvalue weighted by molar-refractivity contribution is 6.13. The van der Waals surface area contributed by atoms with Gasteiger partial charge in [0, 0.05) is 38.5 Å². The lowest BCUT2D eigenvalue weighted by molar-refractivity contribution is 0.669. The Morgan fingerprint density at radius 3 is 1.62 bits per heavy atom. The molecule has 0 atom stereocenters. The molecule has 13 aromatic rings. The van der Waals surface area contributed by atoms with Crippen LogP contribution in [0, 0.1) is 0 Å². The zero-order valence-corrected chi connectivity index (χ0v) is 35.3. The first kappa shape index (κ1) is 36.9. The van der Waals surface area contributed by atoms with Crippen molar-refractivity contribution in [2.24, 2.45) is 0 Å². The maximum atomic E-state index is 6.44. The molecule has 0 aliphatic rings. The predicted molar refractivity (Wildman–Crippen MR) is 272 cm³/mol. The lowest BCUT2D eigenvalue weighted by atomic mass is 9.96. The van der Waals surface area contributed by atoms with E-state index in [1.54, 1.807) is 0 Å². The highest BCUT2D eigenvalue weighted by Crippen LogP contribution is 2.44. The van der Waals surface area contributed by atoms with Crippen molar-refractivity contribution in [3.63, 3.8) is 0 Å². The molecule has 0 spiro atoms. The second-order valence-electron chi connectivity index (χ2n) is 16.9. The lowest BCUT2D eigenvalue weighted by Gasteiger charge is -2.28. The van der Waals surface area contributed by atoms with Gasteiger partial charge in [-0.25, -0.2) is 0 Å². The van der Waals surface area contributed by atoms with Gasteiger partial charge in [0.15, 0.2) is 0 Å². The SMILES string of the molecule is c1cc(-c2ccc(N(c3ccc(-c4cccc5oc6ccccc6c45)cc3)c3ccccc3-c3ccc4oc5cc6ccccc6cc5c4c3)cc2)cc(-c2ccc3ccccc3c2)c1. The number of fused-ring (bicyclic) bond motifs is 8. The first-order chi connectivity index (χ1) is 32.2. The molecule has 2 aromatic heterocycles. The summed E-state index contributed by atoms with van der Waals surface area (Å²) < 4.78 is 12.7. The number of furan rings is 2. The van der Waals surface area contributed by atoms with Crippen LogP contribution in [0.3, 0.4) is 0 Å². The van der Waals surface area contributed by atoms with Crippen molar-refractivity contribution in [2.75, 3.05) is 4.90 Å². The molecule has 3 nitrogen and oxygen atoms in total. The highest BCUT2D eigenvalue weighted by atomic mass is 16.3. The summed E-state index contributed by atoms with van der Waals surface area (Å²) in [6, 6.07) is 84.9. The maximum Gasteiger partial charge on any atom is 0.136 e. The summed E-state index contributed by atoms with van der Waals surface area (Å²) in [5, 5.41) is 9.33. The van der Waals surface area contributed by atoms with Crippen LogP contribution in [0.1, 0.15) is 0 Å². The minimum atomic E-state index is 0.879. The average Bonchev–Trinajstić information content (AvgIpc) is 3.94. The number of hydrogen-bond acceptors (Lipinski definition) is 3. The number of rotatable bonds is 7. The van der Waals surface area contributed by atoms with Gasteiger partial charge in [-0.1, -0.05) is 158 Å². The van der Waals surface area contributed by atoms with Crippen LogP contribution in [0.5, 0.6) is 0 Å². The smallest absolute Gasteiger partial charge is 0.136 e. The Labute approximate surface area is 375 Å². The Bertz CT molecular complexity index is 3950. The molecule has 0 aliphatic heterocycles. The Hall–Kier alpha value is -8.66. The van der Waals surface area contributed by atoms with Gasteiger partial charge in [-0.2, -0.15) is 0 Å². The normalized spacial score (nSPS) is 11.7. The molecule has 0 radical (unpaired) electrons. The van der Waals surface area contributed by atoms with Crippen molar-refractivity contribution in [1.82, 2.24) is 0 Å². The summed E-state index contributed by atoms with van der Waals surface area (Å²) >= 11 is 0. The molecule has 3 heteroatoms. The minimum absolute atomic E-state index is 0.879. The third kappa shape index (κ3) is 6.36. The molecule has 2 heterocycles. The minimum Gasteiger partial charge on any atom is -0.456 e. The Balaban J connectivity index is 0.930. The summed E-state index contributed by atoms with van der Waals surface area (Å²) in [5.41, 5.74) is 16.0. The summed E-state index contributed by atoms with van der Waals surface area (Å²) in [7, 11) is 0. The summed E-state index contributed by atoms with van der Waals surface area (Å²) in [6.07, 6.45) is 0. The van der Waals surface area contributed by atoms with Crippen LogP contribution in [-0.2, 0) is 0 Å². The van der Waals surface area contributed by atoms with E-state index in [2.05, 4.69) is 229 Å². The number of nitrogens with zero attached hydrogens (tertiary/aromatic N) is 1. The molecule has 0 unspecified atom stereocenters. The zero-order valence-electron chi connectivity index (χ0n) is 35.3. The van der Waals surface area contributed by atoms with E-state index in [1.807, 2.05) is 12.1 Å². The van der Waals surface area contributed by atoms with Crippen molar-refractivity contribution in [3.05, 3.63) is 237 Å². The first-order valence-electron chi connectivity index (χ1n) is 22.1. The average molecular weight is 830 g/mol. The van der Waals surface area contributed by atoms with Gasteiger partial charge in [-0.3, -0.25) is 0 Å². The maximum absolute atomic E-state index is 6.44. The topological polar surface area (TPSA) is 29.5 Å². The van der Waals surface area contributed by atoms with Gasteiger partial charge in [-0.15, -0.1) is 0 Å². The van der Waals surface area contributed by atoms with E-state index in [1.165, 1.54) is 38.2 Å². The Morgan fingerprint density at radius 2 is 0.800 bits per heavy atom. The molecule has 304 valence electrons. The van der Waals surface area contributed by atoms with Gasteiger partial charge in [-0.05, 0) is 139 Å². The van der Waals surface area contributed by atoms with E-state index in [-0.39, 0.29) is 0 Å². The van der Waals surface area contributed by atoms with E-state index in [0.29, 0.717) is 0 Å². The van der Waals surface area contributed by atoms with Crippen molar-refractivity contribution < 1.29 is 8.83 Å². The lowest BCUT2D eigenvalue weighted by Crippen LogP contribution is -2.11. The Morgan fingerprint density at radius 1 is 0.262 bits per heavy atom. The molecule has 65 heavy (non-hydrogen) atoms. The molecule has 0 bridgehead atoms. The molecule has 0 saturated heterocycles. The fourth-order valence-corrected chi connectivity index (χ4v) is 9.83. The molecule has 0 fully saturated rings. The van der Waals surface area contributed by atoms with Crippen molar-refractivity contribution in [1.29, 1.82) is 0 Å². The van der Waals surface area contributed by atoms with Crippen LogP contribution < -0.4 is 4.90 Å². The van der Waals surface area contributed by atoms with Crippen LogP contribution in [-0.4, -0.2) is 0 Å². The largest absolute Gasteiger partial charge is 0.456 e. The van der Waals surface area contributed by atoms with Crippen LogP contribution in [0.25, 0.3) is 110 Å². The fraction of sp³-hybridized carbons (Fsp3) is 0. The quantitative estimate of drug-likeness (QED) is 0.160. The molecule has 13 rings (SSSR count). The number of hydrogen-bond donors (Lipinski definition) is 0. The standard InChI is InChI=1S/C62H39NO2/c1-2-12-43-36-48(24-23-40(43)11-1)45-16-9-15-44(35-45)41-25-30-50(31-26-41)63(51-32-27-42(28-33-51)53-19-10-22-60-62(53)54-18-6-8-21-58(54)64-60)57-20-7-5-17-52(57)49-29-34-59-55(38-49)56-37-46-13-3-4-14-47(46)39-61(56)65-59/h1-39H.